The topological polar surface area (TPSA) is 49.8 Å². The molecule has 0 aromatic heterocycles. The molecule has 0 fully saturated rings. The molecular weight excluding hydrogens is 136 g/mol. The highest BCUT2D eigenvalue weighted by Gasteiger charge is 2.27. The van der Waals surface area contributed by atoms with E-state index in [0.29, 0.717) is 0 Å². The summed E-state index contributed by atoms with van der Waals surface area (Å²) in [5, 5.41) is 8.71. The average Bonchev–Trinajstić information content (AvgIpc) is 1.95. The van der Waals surface area contributed by atoms with Crippen molar-refractivity contribution >= 4 is 0 Å². The highest BCUT2D eigenvalue weighted by atomic mass is 14.6. The second-order valence-electron chi connectivity index (χ2n) is 3.74. The standard InChI is InChI=1S/C9H14N2/c1-9(2)5-3-4-7(6-10)8(9)11/h3-5,11H2,1-2H3. The van der Waals surface area contributed by atoms with Crippen LogP contribution in [0.2, 0.25) is 0 Å². The van der Waals surface area contributed by atoms with E-state index in [1.54, 1.807) is 0 Å². The summed E-state index contributed by atoms with van der Waals surface area (Å²) in [4.78, 5) is 0. The molecule has 0 saturated heterocycles. The van der Waals surface area contributed by atoms with Crippen LogP contribution in [-0.4, -0.2) is 0 Å². The van der Waals surface area contributed by atoms with Crippen molar-refractivity contribution in [2.24, 2.45) is 11.1 Å². The lowest BCUT2D eigenvalue weighted by atomic mass is 9.77. The van der Waals surface area contributed by atoms with Crippen LogP contribution >= 0.6 is 0 Å². The quantitative estimate of drug-likeness (QED) is 0.573. The smallest absolute Gasteiger partial charge is 0.0965 e. The molecule has 0 spiro atoms. The van der Waals surface area contributed by atoms with Crippen LogP contribution in [0, 0.1) is 16.7 Å². The summed E-state index contributed by atoms with van der Waals surface area (Å²) in [5.74, 6) is 0. The predicted octanol–water partition coefficient (Wildman–Crippen LogP) is 1.93. The number of nitrogens with two attached hydrogens (primary N) is 1. The summed E-state index contributed by atoms with van der Waals surface area (Å²) in [7, 11) is 0. The molecular formula is C9H14N2. The molecule has 60 valence electrons. The molecule has 0 heterocycles. The van der Waals surface area contributed by atoms with Gasteiger partial charge in [-0.2, -0.15) is 5.26 Å². The Kier molecular flexibility index (Phi) is 1.90. The van der Waals surface area contributed by atoms with Crippen LogP contribution in [0.4, 0.5) is 0 Å². The normalized spacial score (nSPS) is 23.0. The second-order valence-corrected chi connectivity index (χ2v) is 3.74. The molecule has 1 aliphatic rings. The Bertz CT molecular complexity index is 230. The zero-order chi connectivity index (χ0) is 8.48. The summed E-state index contributed by atoms with van der Waals surface area (Å²) in [5.41, 5.74) is 7.46. The van der Waals surface area contributed by atoms with Gasteiger partial charge < -0.3 is 5.73 Å². The molecule has 0 aromatic carbocycles. The van der Waals surface area contributed by atoms with Crippen LogP contribution < -0.4 is 5.73 Å². The van der Waals surface area contributed by atoms with E-state index in [-0.39, 0.29) is 5.41 Å². The van der Waals surface area contributed by atoms with Gasteiger partial charge in [0.1, 0.15) is 0 Å². The zero-order valence-corrected chi connectivity index (χ0v) is 7.15. The number of allylic oxidation sites excluding steroid dienone is 2. The van der Waals surface area contributed by atoms with E-state index >= 15 is 0 Å². The van der Waals surface area contributed by atoms with Gasteiger partial charge in [0.2, 0.25) is 0 Å². The van der Waals surface area contributed by atoms with Gasteiger partial charge >= 0.3 is 0 Å². The Morgan fingerprint density at radius 2 is 2.18 bits per heavy atom. The molecule has 0 radical (unpaired) electrons. The van der Waals surface area contributed by atoms with Crippen molar-refractivity contribution in [1.29, 1.82) is 5.26 Å². The molecule has 2 N–H and O–H groups in total. The van der Waals surface area contributed by atoms with Gasteiger partial charge in [-0.3, -0.25) is 0 Å². The third kappa shape index (κ3) is 1.37. The van der Waals surface area contributed by atoms with Gasteiger partial charge in [0.25, 0.3) is 0 Å². The largest absolute Gasteiger partial charge is 0.401 e. The summed E-state index contributed by atoms with van der Waals surface area (Å²) in [6, 6.07) is 2.16. The maximum Gasteiger partial charge on any atom is 0.0965 e. The Labute approximate surface area is 67.7 Å². The second kappa shape index (κ2) is 2.58. The third-order valence-corrected chi connectivity index (χ3v) is 2.42. The summed E-state index contributed by atoms with van der Waals surface area (Å²) in [6.07, 6.45) is 3.06. The molecule has 0 unspecified atom stereocenters. The van der Waals surface area contributed by atoms with E-state index in [1.807, 2.05) is 0 Å². The monoisotopic (exact) mass is 150 g/mol. The molecule has 2 nitrogen and oxygen atoms in total. The van der Waals surface area contributed by atoms with Gasteiger partial charge in [-0.1, -0.05) is 13.8 Å². The van der Waals surface area contributed by atoms with Crippen molar-refractivity contribution in [1.82, 2.24) is 0 Å². The number of nitrogens with zero attached hydrogens (tertiary/aromatic N) is 1. The van der Waals surface area contributed by atoms with Gasteiger partial charge in [0.05, 0.1) is 6.07 Å². The van der Waals surface area contributed by atoms with Crippen molar-refractivity contribution in [2.45, 2.75) is 33.1 Å². The highest BCUT2D eigenvalue weighted by molar-refractivity contribution is 5.31. The Balaban J connectivity index is 3.01. The lowest BCUT2D eigenvalue weighted by Gasteiger charge is -2.30. The minimum Gasteiger partial charge on any atom is -0.401 e. The molecule has 2 heteroatoms. The van der Waals surface area contributed by atoms with E-state index in [1.165, 1.54) is 0 Å². The average molecular weight is 150 g/mol. The Hall–Kier alpha value is -0.970. The lowest BCUT2D eigenvalue weighted by molar-refractivity contribution is 0.366. The predicted molar refractivity (Wildman–Crippen MR) is 44.5 cm³/mol. The molecule has 0 saturated carbocycles. The third-order valence-electron chi connectivity index (χ3n) is 2.42. The first-order valence-electron chi connectivity index (χ1n) is 3.97. The summed E-state index contributed by atoms with van der Waals surface area (Å²) < 4.78 is 0. The Morgan fingerprint density at radius 3 is 2.64 bits per heavy atom. The number of nitriles is 1. The fourth-order valence-electron chi connectivity index (χ4n) is 1.50. The minimum atomic E-state index is 0.0450. The van der Waals surface area contributed by atoms with E-state index in [4.69, 9.17) is 11.0 Å². The molecule has 1 aliphatic carbocycles. The van der Waals surface area contributed by atoms with Crippen molar-refractivity contribution < 1.29 is 0 Å². The fourth-order valence-corrected chi connectivity index (χ4v) is 1.50. The van der Waals surface area contributed by atoms with Crippen molar-refractivity contribution in [3.05, 3.63) is 11.3 Å². The molecule has 11 heavy (non-hydrogen) atoms. The van der Waals surface area contributed by atoms with E-state index in [2.05, 4.69) is 19.9 Å². The lowest BCUT2D eigenvalue weighted by Crippen LogP contribution is -2.26. The van der Waals surface area contributed by atoms with Gasteiger partial charge in [0, 0.05) is 16.7 Å². The molecule has 1 rings (SSSR count). The van der Waals surface area contributed by atoms with E-state index in [0.717, 1.165) is 30.5 Å². The summed E-state index contributed by atoms with van der Waals surface area (Å²) in [6.45, 7) is 4.19. The van der Waals surface area contributed by atoms with E-state index < -0.39 is 0 Å². The van der Waals surface area contributed by atoms with Crippen LogP contribution in [0.5, 0.6) is 0 Å². The number of hydrogen-bond acceptors (Lipinski definition) is 2. The van der Waals surface area contributed by atoms with Crippen molar-refractivity contribution in [3.63, 3.8) is 0 Å². The van der Waals surface area contributed by atoms with Gasteiger partial charge in [-0.15, -0.1) is 0 Å². The van der Waals surface area contributed by atoms with Crippen LogP contribution in [-0.2, 0) is 0 Å². The minimum absolute atomic E-state index is 0.0450. The van der Waals surface area contributed by atoms with Crippen molar-refractivity contribution in [3.8, 4) is 6.07 Å². The highest BCUT2D eigenvalue weighted by Crippen LogP contribution is 2.36. The molecule has 0 aliphatic heterocycles. The van der Waals surface area contributed by atoms with Gasteiger partial charge in [0.15, 0.2) is 0 Å². The summed E-state index contributed by atoms with van der Waals surface area (Å²) >= 11 is 0. The van der Waals surface area contributed by atoms with E-state index in [9.17, 15) is 0 Å². The zero-order valence-electron chi connectivity index (χ0n) is 7.15. The fraction of sp³-hybridized carbons (Fsp3) is 0.667. The first-order valence-corrected chi connectivity index (χ1v) is 3.97. The van der Waals surface area contributed by atoms with Crippen molar-refractivity contribution in [2.75, 3.05) is 0 Å². The first-order chi connectivity index (χ1) is 5.08. The molecule has 0 amide bonds. The SMILES string of the molecule is CC1(C)CCCC(C#N)=C1N. The Morgan fingerprint density at radius 1 is 1.55 bits per heavy atom. The van der Waals surface area contributed by atoms with Gasteiger partial charge in [-0.05, 0) is 19.3 Å². The maximum absolute atomic E-state index is 8.71. The van der Waals surface area contributed by atoms with Crippen LogP contribution in [0.15, 0.2) is 11.3 Å². The molecule has 0 atom stereocenters. The van der Waals surface area contributed by atoms with Crippen LogP contribution in [0.25, 0.3) is 0 Å². The van der Waals surface area contributed by atoms with Crippen LogP contribution in [0.1, 0.15) is 33.1 Å². The maximum atomic E-state index is 8.71. The first kappa shape index (κ1) is 8.13. The van der Waals surface area contributed by atoms with Crippen LogP contribution in [0.3, 0.4) is 0 Å². The molecule has 0 aromatic rings. The number of rotatable bonds is 0. The molecule has 0 bridgehead atoms. The number of hydrogen-bond donors (Lipinski definition) is 1. The van der Waals surface area contributed by atoms with Gasteiger partial charge in [-0.25, -0.2) is 0 Å².